The molecule has 0 fully saturated rings. The maximum absolute atomic E-state index is 2.46. The van der Waals surface area contributed by atoms with Crippen molar-refractivity contribution in [2.75, 3.05) is 4.90 Å². The van der Waals surface area contributed by atoms with Crippen LogP contribution in [0.1, 0.15) is 18.4 Å². The molecule has 0 heterocycles. The lowest BCUT2D eigenvalue weighted by Gasteiger charge is -2.29. The van der Waals surface area contributed by atoms with Gasteiger partial charge in [-0.25, -0.2) is 0 Å². The number of allylic oxidation sites excluding steroid dienone is 4. The van der Waals surface area contributed by atoms with E-state index >= 15 is 0 Å². The van der Waals surface area contributed by atoms with Crippen LogP contribution in [0.15, 0.2) is 297 Å². The molecule has 11 aromatic carbocycles. The molecule has 0 atom stereocenters. The fourth-order valence-electron chi connectivity index (χ4n) is 10.4. The molecule has 73 heavy (non-hydrogen) atoms. The van der Waals surface area contributed by atoms with Gasteiger partial charge in [-0.15, -0.1) is 0 Å². The number of hydrogen-bond donors (Lipinski definition) is 0. The summed E-state index contributed by atoms with van der Waals surface area (Å²) in [5, 5.41) is 0. The predicted molar refractivity (Wildman–Crippen MR) is 311 cm³/mol. The Morgan fingerprint density at radius 1 is 0.219 bits per heavy atom. The molecule has 0 unspecified atom stereocenters. The van der Waals surface area contributed by atoms with Gasteiger partial charge in [-0.2, -0.15) is 0 Å². The van der Waals surface area contributed by atoms with Crippen molar-refractivity contribution >= 4 is 22.6 Å². The van der Waals surface area contributed by atoms with Crippen LogP contribution in [-0.4, -0.2) is 0 Å². The van der Waals surface area contributed by atoms with Crippen LogP contribution in [0.2, 0.25) is 0 Å². The van der Waals surface area contributed by atoms with Crippen LogP contribution in [-0.2, 0) is 0 Å². The van der Waals surface area contributed by atoms with Crippen molar-refractivity contribution in [3.63, 3.8) is 0 Å². The van der Waals surface area contributed by atoms with E-state index in [9.17, 15) is 0 Å². The van der Waals surface area contributed by atoms with Crippen LogP contribution < -0.4 is 4.90 Å². The normalized spacial score (nSPS) is 12.0. The first-order valence-electron chi connectivity index (χ1n) is 25.4. The third kappa shape index (κ3) is 9.53. The summed E-state index contributed by atoms with van der Waals surface area (Å²) in [6, 6.07) is 102. The summed E-state index contributed by atoms with van der Waals surface area (Å²) in [5.41, 5.74) is 24.5. The van der Waals surface area contributed by atoms with Crippen LogP contribution in [0, 0.1) is 0 Å². The first-order valence-corrected chi connectivity index (χ1v) is 25.4. The van der Waals surface area contributed by atoms with Crippen LogP contribution in [0.25, 0.3) is 94.6 Å². The average Bonchev–Trinajstić information content (AvgIpc) is 3.49. The van der Waals surface area contributed by atoms with Crippen LogP contribution in [0.5, 0.6) is 0 Å². The predicted octanol–water partition coefficient (Wildman–Crippen LogP) is 20.2. The molecule has 0 aromatic heterocycles. The van der Waals surface area contributed by atoms with Crippen LogP contribution >= 0.6 is 0 Å². The fourth-order valence-corrected chi connectivity index (χ4v) is 10.4. The van der Waals surface area contributed by atoms with Gasteiger partial charge in [0.1, 0.15) is 0 Å². The number of benzene rings is 11. The molecule has 0 amide bonds. The van der Waals surface area contributed by atoms with Gasteiger partial charge in [0.05, 0.1) is 0 Å². The Morgan fingerprint density at radius 3 is 0.808 bits per heavy atom. The first-order chi connectivity index (χ1) is 36.2. The van der Waals surface area contributed by atoms with Gasteiger partial charge in [-0.3, -0.25) is 0 Å². The molecule has 1 nitrogen and oxygen atoms in total. The minimum absolute atomic E-state index is 1.06. The summed E-state index contributed by atoms with van der Waals surface area (Å²) in [6.45, 7) is 0. The maximum atomic E-state index is 2.46. The highest BCUT2D eigenvalue weighted by Crippen LogP contribution is 2.46. The van der Waals surface area contributed by atoms with E-state index in [1.165, 1.54) is 77.9 Å². The van der Waals surface area contributed by atoms with Crippen molar-refractivity contribution < 1.29 is 0 Å². The van der Waals surface area contributed by atoms with Crippen LogP contribution in [0.4, 0.5) is 17.1 Å². The summed E-state index contributed by atoms with van der Waals surface area (Å²) >= 11 is 0. The molecule has 1 heteroatoms. The molecule has 12 rings (SSSR count). The van der Waals surface area contributed by atoms with E-state index < -0.39 is 0 Å². The fraction of sp³-hybridized carbons (Fsp3) is 0.0278. The number of nitrogens with zero attached hydrogens (tertiary/aromatic N) is 1. The van der Waals surface area contributed by atoms with E-state index in [1.54, 1.807) is 0 Å². The highest BCUT2D eigenvalue weighted by Gasteiger charge is 2.21. The third-order valence-corrected chi connectivity index (χ3v) is 14.2. The van der Waals surface area contributed by atoms with Gasteiger partial charge in [-0.05, 0) is 149 Å². The Morgan fingerprint density at radius 2 is 0.493 bits per heavy atom. The summed E-state index contributed by atoms with van der Waals surface area (Å²) in [4.78, 5) is 2.46. The Balaban J connectivity index is 1.07. The molecule has 0 saturated heterocycles. The Kier molecular flexibility index (Phi) is 12.7. The Labute approximate surface area is 430 Å². The van der Waals surface area contributed by atoms with E-state index in [2.05, 4.69) is 302 Å². The third-order valence-electron chi connectivity index (χ3n) is 14.2. The monoisotopic (exact) mass is 931 g/mol. The SMILES string of the molecule is C1=CC(c2ccc(-c3cc(N(c4ccc(-c5ccccc5)c(-c5ccc(-c6ccccc6)cc5)c4)c4ccc(-c5ccccc5)c(-c5ccc(-c6ccccc6)cc5)c4)ccc3-c3ccccc3)cc2)=CCC1. The van der Waals surface area contributed by atoms with E-state index in [0.29, 0.717) is 0 Å². The molecule has 1 aliphatic carbocycles. The summed E-state index contributed by atoms with van der Waals surface area (Å²) in [5.74, 6) is 0. The second-order valence-corrected chi connectivity index (χ2v) is 18.7. The zero-order valence-electron chi connectivity index (χ0n) is 40.7. The molecule has 346 valence electrons. The average molecular weight is 932 g/mol. The zero-order chi connectivity index (χ0) is 48.8. The molecule has 0 spiro atoms. The lowest BCUT2D eigenvalue weighted by Crippen LogP contribution is -2.11. The Hall–Kier alpha value is -9.30. The van der Waals surface area contributed by atoms with Gasteiger partial charge in [0.2, 0.25) is 0 Å². The topological polar surface area (TPSA) is 3.24 Å². The summed E-state index contributed by atoms with van der Waals surface area (Å²) in [6.07, 6.45) is 9.07. The van der Waals surface area contributed by atoms with Gasteiger partial charge in [-0.1, -0.05) is 261 Å². The van der Waals surface area contributed by atoms with Crippen molar-refractivity contribution in [2.24, 2.45) is 0 Å². The van der Waals surface area contributed by atoms with Gasteiger partial charge in [0.25, 0.3) is 0 Å². The molecule has 0 aliphatic heterocycles. The molecule has 0 N–H and O–H groups in total. The van der Waals surface area contributed by atoms with Gasteiger partial charge in [0.15, 0.2) is 0 Å². The lowest BCUT2D eigenvalue weighted by atomic mass is 9.90. The van der Waals surface area contributed by atoms with Crippen molar-refractivity contribution in [1.29, 1.82) is 0 Å². The quantitative estimate of drug-likeness (QED) is 0.118. The smallest absolute Gasteiger partial charge is 0.0468 e. The molecular formula is C72H53N. The van der Waals surface area contributed by atoms with Gasteiger partial charge in [0, 0.05) is 17.1 Å². The van der Waals surface area contributed by atoms with Crippen molar-refractivity contribution in [1.82, 2.24) is 0 Å². The minimum atomic E-state index is 1.06. The molecule has 0 radical (unpaired) electrons. The van der Waals surface area contributed by atoms with Crippen LogP contribution in [0.3, 0.4) is 0 Å². The number of hydrogen-bond acceptors (Lipinski definition) is 1. The second kappa shape index (κ2) is 20.6. The standard InChI is InChI=1S/C72H53N/c1-7-19-52(20-8-1)55-31-37-61(38-32-55)70-49-64(43-46-67(70)58-25-13-4-14-26-58)73(65-44-47-68(59-27-15-5-16-28-59)71(50-65)62-39-33-56(34-40-62)53-21-9-2-10-22-53)66-45-48-69(60-29-17-6-18-30-60)72(51-66)63-41-35-57(36-42-63)54-23-11-3-12-24-54/h1-2,4-11,13-51H,3,12H2. The highest BCUT2D eigenvalue weighted by atomic mass is 15.1. The van der Waals surface area contributed by atoms with E-state index in [0.717, 1.165) is 52.2 Å². The first kappa shape index (κ1) is 44.9. The van der Waals surface area contributed by atoms with Gasteiger partial charge >= 0.3 is 0 Å². The van der Waals surface area contributed by atoms with Crippen molar-refractivity contribution in [3.05, 3.63) is 303 Å². The second-order valence-electron chi connectivity index (χ2n) is 18.7. The maximum Gasteiger partial charge on any atom is 0.0468 e. The number of anilines is 3. The van der Waals surface area contributed by atoms with E-state index in [4.69, 9.17) is 0 Å². The largest absolute Gasteiger partial charge is 0.310 e. The summed E-state index contributed by atoms with van der Waals surface area (Å²) < 4.78 is 0. The number of rotatable bonds is 12. The lowest BCUT2D eigenvalue weighted by molar-refractivity contribution is 1.04. The van der Waals surface area contributed by atoms with Crippen molar-refractivity contribution in [2.45, 2.75) is 12.8 Å². The molecule has 0 saturated carbocycles. The highest BCUT2D eigenvalue weighted by molar-refractivity contribution is 5.95. The molecule has 0 bridgehead atoms. The molecular weight excluding hydrogens is 879 g/mol. The molecule has 1 aliphatic rings. The van der Waals surface area contributed by atoms with Gasteiger partial charge < -0.3 is 4.90 Å². The van der Waals surface area contributed by atoms with Crippen molar-refractivity contribution in [3.8, 4) is 89.0 Å². The molecule has 11 aromatic rings. The van der Waals surface area contributed by atoms with E-state index in [-0.39, 0.29) is 0 Å². The minimum Gasteiger partial charge on any atom is -0.310 e. The summed E-state index contributed by atoms with van der Waals surface area (Å²) in [7, 11) is 0. The zero-order valence-corrected chi connectivity index (χ0v) is 40.7. The Bertz CT molecular complexity index is 3540. The van der Waals surface area contributed by atoms with E-state index in [1.807, 2.05) is 0 Å².